The topological polar surface area (TPSA) is 53.6 Å². The molecule has 3 saturated carbocycles. The van der Waals surface area contributed by atoms with E-state index in [9.17, 15) is 8.78 Å². The van der Waals surface area contributed by atoms with Gasteiger partial charge in [-0.1, -0.05) is 13.0 Å². The molecule has 4 nitrogen and oxygen atoms in total. The van der Waals surface area contributed by atoms with Crippen LogP contribution < -0.4 is 5.32 Å². The van der Waals surface area contributed by atoms with Gasteiger partial charge >= 0.3 is 0 Å². The summed E-state index contributed by atoms with van der Waals surface area (Å²) >= 11 is 0. The molecule has 0 radical (unpaired) electrons. The Bertz CT molecular complexity index is 1380. The lowest BCUT2D eigenvalue weighted by molar-refractivity contribution is 0.0929. The molecule has 3 aliphatic rings. The first-order valence-electron chi connectivity index (χ1n) is 11.9. The zero-order valence-corrected chi connectivity index (χ0v) is 19.2. The first kappa shape index (κ1) is 20.6. The highest BCUT2D eigenvalue weighted by atomic mass is 19.1. The molecule has 7 rings (SSSR count). The smallest absolute Gasteiger partial charge is 0.164 e. The van der Waals surface area contributed by atoms with Gasteiger partial charge in [-0.2, -0.15) is 0 Å². The molecule has 170 valence electrons. The van der Waals surface area contributed by atoms with E-state index >= 15 is 0 Å². The average molecular weight is 447 g/mol. The van der Waals surface area contributed by atoms with Gasteiger partial charge in [0.05, 0.1) is 11.0 Å². The Hall–Kier alpha value is -3.02. The zero-order chi connectivity index (χ0) is 22.9. The van der Waals surface area contributed by atoms with Crippen LogP contribution in [0.5, 0.6) is 0 Å². The highest BCUT2D eigenvalue weighted by Gasteiger charge is 2.41. The Morgan fingerprint density at radius 3 is 2.48 bits per heavy atom. The van der Waals surface area contributed by atoms with Crippen LogP contribution in [-0.2, 0) is 0 Å². The van der Waals surface area contributed by atoms with E-state index in [2.05, 4.69) is 43.2 Å². The van der Waals surface area contributed by atoms with Crippen molar-refractivity contribution in [2.24, 2.45) is 17.8 Å². The van der Waals surface area contributed by atoms with E-state index in [1.165, 1.54) is 31.7 Å². The number of fused-ring (bicyclic) bond motifs is 5. The Balaban J connectivity index is 1.54. The third kappa shape index (κ3) is 3.22. The molecule has 3 aliphatic carbocycles. The molecular weight excluding hydrogens is 418 g/mol. The number of rotatable bonds is 3. The van der Waals surface area contributed by atoms with E-state index < -0.39 is 11.6 Å². The van der Waals surface area contributed by atoms with Gasteiger partial charge in [-0.05, 0) is 80.5 Å². The molecule has 2 heterocycles. The second kappa shape index (κ2) is 7.51. The number of nitrogens with zero attached hydrogens (tertiary/aromatic N) is 2. The first-order chi connectivity index (χ1) is 15.9. The number of nitrogens with one attached hydrogen (secondary N) is 2. The fourth-order valence-corrected chi connectivity index (χ4v) is 6.16. The van der Waals surface area contributed by atoms with E-state index in [1.54, 1.807) is 6.20 Å². The van der Waals surface area contributed by atoms with Crippen LogP contribution in [0.4, 0.5) is 14.6 Å². The molecule has 2 N–H and O–H groups in total. The van der Waals surface area contributed by atoms with Gasteiger partial charge in [-0.25, -0.2) is 18.7 Å². The van der Waals surface area contributed by atoms with Crippen molar-refractivity contribution in [3.8, 4) is 11.4 Å². The van der Waals surface area contributed by atoms with Crippen LogP contribution in [0.2, 0.25) is 0 Å². The van der Waals surface area contributed by atoms with Crippen LogP contribution in [0.3, 0.4) is 0 Å². The van der Waals surface area contributed by atoms with Crippen LogP contribution in [0.15, 0.2) is 30.5 Å². The van der Waals surface area contributed by atoms with Crippen LogP contribution in [0, 0.1) is 43.2 Å². The van der Waals surface area contributed by atoms with Crippen LogP contribution in [0.1, 0.15) is 43.7 Å². The summed E-state index contributed by atoms with van der Waals surface area (Å²) in [4.78, 5) is 12.8. The Kier molecular flexibility index (Phi) is 4.68. The number of hydrogen-bond acceptors (Lipinski definition) is 3. The van der Waals surface area contributed by atoms with Gasteiger partial charge in [0.2, 0.25) is 0 Å². The number of H-pyrrole nitrogens is 1. The fourth-order valence-electron chi connectivity index (χ4n) is 6.16. The lowest BCUT2D eigenvalue weighted by Crippen LogP contribution is -2.47. The third-order valence-corrected chi connectivity index (χ3v) is 8.28. The van der Waals surface area contributed by atoms with Crippen molar-refractivity contribution in [1.29, 1.82) is 0 Å². The third-order valence-electron chi connectivity index (χ3n) is 8.28. The molecule has 2 aromatic heterocycles. The predicted molar refractivity (Wildman–Crippen MR) is 128 cm³/mol. The van der Waals surface area contributed by atoms with Crippen molar-refractivity contribution in [2.75, 3.05) is 5.32 Å². The van der Waals surface area contributed by atoms with Crippen molar-refractivity contribution < 1.29 is 8.78 Å². The van der Waals surface area contributed by atoms with Crippen molar-refractivity contribution in [3.05, 3.63) is 53.2 Å². The van der Waals surface area contributed by atoms with Crippen molar-refractivity contribution in [1.82, 2.24) is 15.0 Å². The minimum Gasteiger partial charge on any atom is -0.366 e. The van der Waals surface area contributed by atoms with Crippen molar-refractivity contribution >= 4 is 27.6 Å². The molecular formula is C27H28F2N4. The van der Waals surface area contributed by atoms with Gasteiger partial charge in [-0.3, -0.25) is 0 Å². The fraction of sp³-hybridized carbons (Fsp3) is 0.407. The first-order valence-corrected chi connectivity index (χ1v) is 11.9. The maximum atomic E-state index is 14.3. The number of aryl methyl sites for hydroxylation is 2. The Morgan fingerprint density at radius 1 is 0.970 bits per heavy atom. The molecule has 2 atom stereocenters. The molecule has 0 aliphatic heterocycles. The zero-order valence-electron chi connectivity index (χ0n) is 19.2. The van der Waals surface area contributed by atoms with Crippen molar-refractivity contribution in [3.63, 3.8) is 0 Å². The number of aromatic amines is 1. The van der Waals surface area contributed by atoms with E-state index in [0.29, 0.717) is 34.7 Å². The minimum absolute atomic E-state index is 0.267. The van der Waals surface area contributed by atoms with Gasteiger partial charge in [0.25, 0.3) is 0 Å². The SMILES string of the molecule is Cc1ccc2c(NC3C4CCC(CC4)C3C)nc(-c3c[nH]c4c(F)cc(F)cc34)nc2c1C. The lowest BCUT2D eigenvalue weighted by Gasteiger charge is -2.47. The predicted octanol–water partition coefficient (Wildman–Crippen LogP) is 6.91. The Labute approximate surface area is 191 Å². The molecule has 0 saturated heterocycles. The molecule has 0 spiro atoms. The van der Waals surface area contributed by atoms with Gasteiger partial charge in [0.1, 0.15) is 17.5 Å². The Morgan fingerprint density at radius 2 is 1.73 bits per heavy atom. The van der Waals surface area contributed by atoms with Gasteiger partial charge in [0, 0.05) is 34.6 Å². The monoisotopic (exact) mass is 446 g/mol. The number of halogens is 2. The summed E-state index contributed by atoms with van der Waals surface area (Å²) in [6.45, 7) is 6.50. The highest BCUT2D eigenvalue weighted by molar-refractivity contribution is 5.98. The second-order valence-corrected chi connectivity index (χ2v) is 10.0. The summed E-state index contributed by atoms with van der Waals surface area (Å²) in [6.07, 6.45) is 6.85. The number of hydrogen-bond donors (Lipinski definition) is 2. The summed E-state index contributed by atoms with van der Waals surface area (Å²) in [5, 5.41) is 5.26. The van der Waals surface area contributed by atoms with E-state index in [-0.39, 0.29) is 5.52 Å². The average Bonchev–Trinajstić information content (AvgIpc) is 3.23. The van der Waals surface area contributed by atoms with Gasteiger partial charge < -0.3 is 10.3 Å². The summed E-state index contributed by atoms with van der Waals surface area (Å²) in [5.41, 5.74) is 3.99. The van der Waals surface area contributed by atoms with Crippen LogP contribution >= 0.6 is 0 Å². The maximum absolute atomic E-state index is 14.3. The number of benzene rings is 2. The van der Waals surface area contributed by atoms with E-state index in [1.807, 2.05) is 0 Å². The van der Waals surface area contributed by atoms with Gasteiger partial charge in [-0.15, -0.1) is 0 Å². The molecule has 2 aromatic carbocycles. The standard InChI is InChI=1S/C27H28F2N4/c1-13-4-9-19-24(14(13)2)32-27(21-12-30-25-20(21)10-18(28)11-22(25)29)33-26(19)31-23-15(3)16-5-7-17(23)8-6-16/h4,9-12,15-17,23,30H,5-8H2,1-3H3,(H,31,32,33). The van der Waals surface area contributed by atoms with Crippen LogP contribution in [0.25, 0.3) is 33.2 Å². The molecule has 4 aromatic rings. The van der Waals surface area contributed by atoms with Crippen molar-refractivity contribution in [2.45, 2.75) is 52.5 Å². The normalized spacial score (nSPS) is 24.6. The summed E-state index contributed by atoms with van der Waals surface area (Å²) in [7, 11) is 0. The molecule has 33 heavy (non-hydrogen) atoms. The molecule has 2 unspecified atom stereocenters. The van der Waals surface area contributed by atoms with E-state index in [0.717, 1.165) is 39.8 Å². The lowest BCUT2D eigenvalue weighted by atomic mass is 9.62. The minimum atomic E-state index is -0.616. The number of anilines is 1. The number of aromatic nitrogens is 3. The second-order valence-electron chi connectivity index (χ2n) is 10.0. The van der Waals surface area contributed by atoms with Gasteiger partial charge in [0.15, 0.2) is 5.82 Å². The summed E-state index contributed by atoms with van der Waals surface area (Å²) in [6, 6.07) is 6.81. The van der Waals surface area contributed by atoms with E-state index in [4.69, 9.17) is 9.97 Å². The highest BCUT2D eigenvalue weighted by Crippen LogP contribution is 2.46. The summed E-state index contributed by atoms with van der Waals surface area (Å²) < 4.78 is 28.4. The molecule has 6 heteroatoms. The quantitative estimate of drug-likeness (QED) is 0.359. The maximum Gasteiger partial charge on any atom is 0.164 e. The summed E-state index contributed by atoms with van der Waals surface area (Å²) in [5.74, 6) is 2.07. The largest absolute Gasteiger partial charge is 0.366 e. The molecule has 2 bridgehead atoms. The van der Waals surface area contributed by atoms with Crippen LogP contribution in [-0.4, -0.2) is 21.0 Å². The molecule has 0 amide bonds. The molecule has 3 fully saturated rings.